The third-order valence-electron chi connectivity index (χ3n) is 3.94. The summed E-state index contributed by atoms with van der Waals surface area (Å²) in [5.41, 5.74) is 0.798. The zero-order valence-corrected chi connectivity index (χ0v) is 13.8. The number of thiophene rings is 1. The van der Waals surface area contributed by atoms with Crippen LogP contribution in [0.5, 0.6) is 5.75 Å². The number of nitrogens with one attached hydrogen (secondary N) is 1. The van der Waals surface area contributed by atoms with Crippen molar-refractivity contribution >= 4 is 22.2 Å². The first-order chi connectivity index (χ1) is 11.2. The van der Waals surface area contributed by atoms with Crippen LogP contribution in [-0.4, -0.2) is 30.1 Å². The van der Waals surface area contributed by atoms with E-state index in [1.165, 1.54) is 11.3 Å². The Balaban J connectivity index is 1.94. The van der Waals surface area contributed by atoms with Crippen LogP contribution in [0, 0.1) is 0 Å². The van der Waals surface area contributed by atoms with E-state index in [4.69, 9.17) is 0 Å². The Kier molecular flexibility index (Phi) is 4.79. The maximum Gasteiger partial charge on any atom is 0.251 e. The Bertz CT molecular complexity index is 717. The Hall–Kier alpha value is -2.11. The molecule has 0 saturated carbocycles. The van der Waals surface area contributed by atoms with E-state index in [1.807, 2.05) is 36.1 Å². The maximum atomic E-state index is 12.5. The lowest BCUT2D eigenvalue weighted by atomic mass is 10.1. The van der Waals surface area contributed by atoms with Crippen molar-refractivity contribution in [3.63, 3.8) is 0 Å². The molecule has 1 saturated heterocycles. The lowest BCUT2D eigenvalue weighted by molar-refractivity contribution is -0.114. The number of phenolic OH excluding ortho intramolecular Hbond substituents is 1. The Morgan fingerprint density at radius 2 is 2.17 bits per heavy atom. The Morgan fingerprint density at radius 1 is 1.35 bits per heavy atom. The van der Waals surface area contributed by atoms with Gasteiger partial charge in [0, 0.05) is 17.0 Å². The minimum Gasteiger partial charge on any atom is -0.507 e. The van der Waals surface area contributed by atoms with Crippen molar-refractivity contribution in [2.24, 2.45) is 0 Å². The summed E-state index contributed by atoms with van der Waals surface area (Å²) in [6, 6.07) is 11.4. The molecule has 0 spiro atoms. The van der Waals surface area contributed by atoms with Gasteiger partial charge in [-0.2, -0.15) is 0 Å². The monoisotopic (exact) mass is 328 g/mol. The van der Waals surface area contributed by atoms with Gasteiger partial charge in [0.15, 0.2) is 0 Å². The summed E-state index contributed by atoms with van der Waals surface area (Å²) in [6.45, 7) is 3.60. The number of aromatic hydroxyl groups is 1. The van der Waals surface area contributed by atoms with Crippen LogP contribution in [0.3, 0.4) is 0 Å². The van der Waals surface area contributed by atoms with Crippen molar-refractivity contribution < 1.29 is 9.90 Å². The van der Waals surface area contributed by atoms with Gasteiger partial charge in [0.25, 0.3) is 5.91 Å². The first-order valence-corrected chi connectivity index (χ1v) is 8.57. The average molecular weight is 328 g/mol. The summed E-state index contributed by atoms with van der Waals surface area (Å²) >= 11 is 1.53. The van der Waals surface area contributed by atoms with E-state index < -0.39 is 0 Å². The summed E-state index contributed by atoms with van der Waals surface area (Å²) in [7, 11) is 0. The Labute approximate surface area is 140 Å². The molecule has 3 rings (SSSR count). The quantitative estimate of drug-likeness (QED) is 0.846. The molecule has 1 atom stereocenters. The van der Waals surface area contributed by atoms with Gasteiger partial charge < -0.3 is 10.4 Å². The van der Waals surface area contributed by atoms with Gasteiger partial charge in [-0.3, -0.25) is 9.69 Å². The van der Waals surface area contributed by atoms with Gasteiger partial charge in [0.2, 0.25) is 0 Å². The number of hydrogen-bond donors (Lipinski definition) is 2. The molecule has 23 heavy (non-hydrogen) atoms. The molecule has 1 fully saturated rings. The van der Waals surface area contributed by atoms with Gasteiger partial charge in [-0.05, 0) is 50.2 Å². The van der Waals surface area contributed by atoms with Crippen molar-refractivity contribution in [3.8, 4) is 16.2 Å². The predicted octanol–water partition coefficient (Wildman–Crippen LogP) is 3.39. The van der Waals surface area contributed by atoms with Gasteiger partial charge in [-0.15, -0.1) is 11.3 Å². The molecule has 4 nitrogen and oxygen atoms in total. The summed E-state index contributed by atoms with van der Waals surface area (Å²) < 4.78 is 0. The van der Waals surface area contributed by atoms with Crippen LogP contribution in [0.4, 0.5) is 5.00 Å². The number of rotatable bonds is 4. The van der Waals surface area contributed by atoms with Gasteiger partial charge >= 0.3 is 0 Å². The van der Waals surface area contributed by atoms with Crippen molar-refractivity contribution in [2.45, 2.75) is 19.4 Å². The highest BCUT2D eigenvalue weighted by Gasteiger charge is 2.28. The van der Waals surface area contributed by atoms with E-state index in [2.05, 4.69) is 5.32 Å². The van der Waals surface area contributed by atoms with E-state index in [1.54, 1.807) is 24.3 Å². The second-order valence-corrected chi connectivity index (χ2v) is 6.57. The Morgan fingerprint density at radius 3 is 2.87 bits per heavy atom. The molecule has 5 heteroatoms. The fraction of sp³-hybridized carbons (Fsp3) is 0.278. The minimum absolute atomic E-state index is 0.00637. The number of anilines is 1. The first-order valence-electron chi connectivity index (χ1n) is 7.75. The molecule has 1 aromatic carbocycles. The highest BCUT2D eigenvalue weighted by molar-refractivity contribution is 7.19. The number of phenols is 1. The molecule has 0 radical (unpaired) electrons. The number of carbonyl (C=O) groups is 1. The molecule has 2 aromatic rings. The van der Waals surface area contributed by atoms with E-state index >= 15 is 0 Å². The molecule has 1 amide bonds. The molecule has 2 heterocycles. The normalized spacial score (nSPS) is 17.7. The number of hydrogen-bond acceptors (Lipinski definition) is 4. The van der Waals surface area contributed by atoms with Crippen molar-refractivity contribution in [2.75, 3.05) is 18.0 Å². The predicted molar refractivity (Wildman–Crippen MR) is 95.0 cm³/mol. The van der Waals surface area contributed by atoms with Crippen molar-refractivity contribution in [1.82, 2.24) is 5.32 Å². The van der Waals surface area contributed by atoms with Crippen LogP contribution >= 0.6 is 11.3 Å². The SMILES string of the molecule is CC=CC(=O)N(c1ccc(-c2ccccc2O)s1)C1CCNC1. The minimum atomic E-state index is 0.00637. The van der Waals surface area contributed by atoms with Crippen molar-refractivity contribution in [1.29, 1.82) is 0 Å². The average Bonchev–Trinajstić information content (AvgIpc) is 3.21. The number of benzene rings is 1. The number of allylic oxidation sites excluding steroid dienone is 1. The second-order valence-electron chi connectivity index (χ2n) is 5.51. The van der Waals surface area contributed by atoms with E-state index in [-0.39, 0.29) is 17.7 Å². The van der Waals surface area contributed by atoms with Gasteiger partial charge in [-0.1, -0.05) is 18.2 Å². The highest BCUT2D eigenvalue weighted by Crippen LogP contribution is 2.38. The molecule has 1 unspecified atom stereocenters. The molecule has 1 aromatic heterocycles. The van der Waals surface area contributed by atoms with E-state index in [0.29, 0.717) is 0 Å². The topological polar surface area (TPSA) is 52.6 Å². The zero-order chi connectivity index (χ0) is 16.2. The molecule has 0 bridgehead atoms. The van der Waals surface area contributed by atoms with Crippen LogP contribution in [-0.2, 0) is 4.79 Å². The largest absolute Gasteiger partial charge is 0.507 e. The summed E-state index contributed by atoms with van der Waals surface area (Å²) in [6.07, 6.45) is 4.33. The molecule has 2 N–H and O–H groups in total. The van der Waals surface area contributed by atoms with Crippen LogP contribution in [0.25, 0.3) is 10.4 Å². The van der Waals surface area contributed by atoms with Gasteiger partial charge in [0.05, 0.1) is 11.0 Å². The fourth-order valence-corrected chi connectivity index (χ4v) is 3.95. The van der Waals surface area contributed by atoms with E-state index in [9.17, 15) is 9.90 Å². The number of para-hydroxylation sites is 1. The van der Waals surface area contributed by atoms with Crippen LogP contribution in [0.2, 0.25) is 0 Å². The number of nitrogens with zero attached hydrogens (tertiary/aromatic N) is 1. The summed E-state index contributed by atoms with van der Waals surface area (Å²) in [4.78, 5) is 15.3. The van der Waals surface area contributed by atoms with Crippen molar-refractivity contribution in [3.05, 3.63) is 48.6 Å². The number of carbonyl (C=O) groups excluding carboxylic acids is 1. The lowest BCUT2D eigenvalue weighted by Gasteiger charge is -2.26. The number of amides is 1. The third kappa shape index (κ3) is 3.30. The fourth-order valence-electron chi connectivity index (χ4n) is 2.84. The lowest BCUT2D eigenvalue weighted by Crippen LogP contribution is -2.40. The standard InChI is InChI=1S/C18H20N2O2S/c1-2-5-17(22)20(13-10-11-19-12-13)18-9-8-16(23-18)14-6-3-4-7-15(14)21/h2-9,13,19,21H,10-12H2,1H3. The molecular weight excluding hydrogens is 308 g/mol. The first kappa shape index (κ1) is 15.8. The highest BCUT2D eigenvalue weighted by atomic mass is 32.1. The third-order valence-corrected chi connectivity index (χ3v) is 5.06. The molecule has 1 aliphatic heterocycles. The van der Waals surface area contributed by atoms with Crippen LogP contribution < -0.4 is 10.2 Å². The summed E-state index contributed by atoms with van der Waals surface area (Å²) in [5, 5.41) is 14.3. The maximum absolute atomic E-state index is 12.5. The smallest absolute Gasteiger partial charge is 0.251 e. The van der Waals surface area contributed by atoms with Gasteiger partial charge in [0.1, 0.15) is 5.75 Å². The van der Waals surface area contributed by atoms with E-state index in [0.717, 1.165) is 35.0 Å². The van der Waals surface area contributed by atoms with Gasteiger partial charge in [-0.25, -0.2) is 0 Å². The second kappa shape index (κ2) is 6.98. The van der Waals surface area contributed by atoms with Crippen LogP contribution in [0.1, 0.15) is 13.3 Å². The molecule has 120 valence electrons. The molecule has 0 aliphatic carbocycles. The summed E-state index contributed by atoms with van der Waals surface area (Å²) in [5.74, 6) is 0.265. The molecule has 1 aliphatic rings. The molecular formula is C18H20N2O2S. The van der Waals surface area contributed by atoms with Crippen LogP contribution in [0.15, 0.2) is 48.6 Å². The zero-order valence-electron chi connectivity index (χ0n) is 13.0.